The SMILES string of the molecule is CCNC(=NCC1CCN(S(=O)(=O)C(F)(F)F)CC1)N1CCC(N2CCCC2)C1.I. The van der Waals surface area contributed by atoms with E-state index < -0.39 is 15.5 Å². The fraction of sp³-hybridized carbons (Fsp3) is 0.944. The molecule has 0 bridgehead atoms. The average molecular weight is 567 g/mol. The predicted molar refractivity (Wildman–Crippen MR) is 121 cm³/mol. The minimum Gasteiger partial charge on any atom is -0.357 e. The quantitative estimate of drug-likeness (QED) is 0.314. The smallest absolute Gasteiger partial charge is 0.357 e. The Balaban J connectivity index is 0.00000320. The average Bonchev–Trinajstić information content (AvgIpc) is 3.36. The molecule has 0 saturated carbocycles. The van der Waals surface area contributed by atoms with Gasteiger partial charge in [-0.05, 0) is 58.0 Å². The first-order valence-corrected chi connectivity index (χ1v) is 12.0. The molecular weight excluding hydrogens is 534 g/mol. The highest BCUT2D eigenvalue weighted by Gasteiger charge is 2.50. The van der Waals surface area contributed by atoms with Gasteiger partial charge in [0.1, 0.15) is 0 Å². The van der Waals surface area contributed by atoms with Gasteiger partial charge in [0.25, 0.3) is 0 Å². The molecule has 3 aliphatic heterocycles. The third kappa shape index (κ3) is 6.12. The Morgan fingerprint density at radius 3 is 2.27 bits per heavy atom. The first-order chi connectivity index (χ1) is 13.7. The van der Waals surface area contributed by atoms with E-state index in [4.69, 9.17) is 4.99 Å². The number of nitrogens with one attached hydrogen (secondary N) is 1. The minimum absolute atomic E-state index is 0. The number of hydrogen-bond acceptors (Lipinski definition) is 4. The molecule has 0 amide bonds. The van der Waals surface area contributed by atoms with Gasteiger partial charge >= 0.3 is 15.5 Å². The van der Waals surface area contributed by atoms with E-state index in [9.17, 15) is 21.6 Å². The maximum atomic E-state index is 12.7. The Labute approximate surface area is 194 Å². The van der Waals surface area contributed by atoms with Crippen LogP contribution in [0.1, 0.15) is 39.0 Å². The third-order valence-electron chi connectivity index (χ3n) is 6.16. The standard InChI is InChI=1S/C18H32F3N5O2S.HI/c1-2-22-17(25-10-7-16(14-25)24-8-3-4-9-24)23-13-15-5-11-26(12-6-15)29(27,28)18(19,20)21;/h15-16H,2-14H2,1H3,(H,22,23);1H. The van der Waals surface area contributed by atoms with Crippen molar-refractivity contribution in [2.75, 3.05) is 52.4 Å². The van der Waals surface area contributed by atoms with E-state index in [1.807, 2.05) is 6.92 Å². The second-order valence-corrected chi connectivity index (χ2v) is 10.0. The van der Waals surface area contributed by atoms with E-state index in [0.29, 0.717) is 29.7 Å². The molecule has 1 unspecified atom stereocenters. The lowest BCUT2D eigenvalue weighted by atomic mass is 9.98. The van der Waals surface area contributed by atoms with Crippen molar-refractivity contribution in [3.63, 3.8) is 0 Å². The number of guanidine groups is 1. The summed E-state index contributed by atoms with van der Waals surface area (Å²) in [6.07, 6.45) is 4.46. The van der Waals surface area contributed by atoms with E-state index in [2.05, 4.69) is 15.1 Å². The summed E-state index contributed by atoms with van der Waals surface area (Å²) in [6.45, 7) is 7.34. The molecule has 1 atom stereocenters. The van der Waals surface area contributed by atoms with Crippen molar-refractivity contribution in [2.45, 2.75) is 50.6 Å². The predicted octanol–water partition coefficient (Wildman–Crippen LogP) is 2.30. The summed E-state index contributed by atoms with van der Waals surface area (Å²) >= 11 is 0. The monoisotopic (exact) mass is 567 g/mol. The van der Waals surface area contributed by atoms with Crippen molar-refractivity contribution < 1.29 is 21.6 Å². The molecule has 0 aromatic rings. The molecule has 3 saturated heterocycles. The number of piperidine rings is 1. The zero-order chi connectivity index (χ0) is 21.1. The highest BCUT2D eigenvalue weighted by atomic mass is 127. The summed E-state index contributed by atoms with van der Waals surface area (Å²) in [5.41, 5.74) is -5.22. The van der Waals surface area contributed by atoms with E-state index in [-0.39, 0.29) is 43.0 Å². The molecule has 0 aromatic heterocycles. The van der Waals surface area contributed by atoms with Crippen LogP contribution < -0.4 is 5.32 Å². The highest BCUT2D eigenvalue weighted by molar-refractivity contribution is 14.0. The van der Waals surface area contributed by atoms with Crippen LogP contribution in [-0.4, -0.2) is 92.4 Å². The number of sulfonamides is 1. The normalized spacial score (nSPS) is 25.5. The molecular formula is C18H33F3IN5O2S. The second kappa shape index (κ2) is 11.0. The van der Waals surface area contributed by atoms with Gasteiger partial charge in [0.2, 0.25) is 0 Å². The van der Waals surface area contributed by atoms with Gasteiger partial charge in [-0.15, -0.1) is 24.0 Å². The topological polar surface area (TPSA) is 68.2 Å². The van der Waals surface area contributed by atoms with Crippen molar-refractivity contribution in [1.82, 2.24) is 19.4 Å². The number of nitrogens with zero attached hydrogens (tertiary/aromatic N) is 4. The molecule has 1 N–H and O–H groups in total. The summed E-state index contributed by atoms with van der Waals surface area (Å²) in [5, 5.41) is 3.33. The number of rotatable bonds is 5. The Morgan fingerprint density at radius 1 is 1.07 bits per heavy atom. The number of aliphatic imine (C=N–C) groups is 1. The van der Waals surface area contributed by atoms with Crippen molar-refractivity contribution in [2.24, 2.45) is 10.9 Å². The van der Waals surface area contributed by atoms with Crippen LogP contribution in [0.4, 0.5) is 13.2 Å². The molecule has 3 aliphatic rings. The van der Waals surface area contributed by atoms with Gasteiger partial charge in [-0.2, -0.15) is 17.5 Å². The summed E-state index contributed by atoms with van der Waals surface area (Å²) < 4.78 is 61.7. The minimum atomic E-state index is -5.22. The molecule has 0 radical (unpaired) electrons. The summed E-state index contributed by atoms with van der Waals surface area (Å²) in [7, 11) is -5.22. The summed E-state index contributed by atoms with van der Waals surface area (Å²) in [4.78, 5) is 9.57. The summed E-state index contributed by atoms with van der Waals surface area (Å²) in [6, 6.07) is 0.567. The fourth-order valence-corrected chi connectivity index (χ4v) is 5.44. The lowest BCUT2D eigenvalue weighted by Crippen LogP contribution is -2.45. The Kier molecular flexibility index (Phi) is 9.50. The van der Waals surface area contributed by atoms with Gasteiger partial charge in [-0.25, -0.2) is 8.42 Å². The van der Waals surface area contributed by atoms with E-state index in [1.165, 1.54) is 25.9 Å². The van der Waals surface area contributed by atoms with Gasteiger partial charge < -0.3 is 10.2 Å². The second-order valence-electron chi connectivity index (χ2n) is 8.12. The lowest BCUT2D eigenvalue weighted by molar-refractivity contribution is -0.0496. The van der Waals surface area contributed by atoms with Gasteiger partial charge in [-0.1, -0.05) is 0 Å². The molecule has 0 aromatic carbocycles. The Morgan fingerprint density at radius 2 is 1.70 bits per heavy atom. The van der Waals surface area contributed by atoms with Crippen LogP contribution in [0.15, 0.2) is 4.99 Å². The molecule has 7 nitrogen and oxygen atoms in total. The van der Waals surface area contributed by atoms with Crippen molar-refractivity contribution in [1.29, 1.82) is 0 Å². The molecule has 3 rings (SSSR count). The fourth-order valence-electron chi connectivity index (χ4n) is 4.46. The number of hydrogen-bond donors (Lipinski definition) is 1. The van der Waals surface area contributed by atoms with Crippen molar-refractivity contribution in [3.05, 3.63) is 0 Å². The van der Waals surface area contributed by atoms with Gasteiger partial charge in [0.05, 0.1) is 0 Å². The van der Waals surface area contributed by atoms with Crippen LogP contribution in [0.3, 0.4) is 0 Å². The zero-order valence-corrected chi connectivity index (χ0v) is 20.5. The lowest BCUT2D eigenvalue weighted by Gasteiger charge is -2.31. The molecule has 30 heavy (non-hydrogen) atoms. The zero-order valence-electron chi connectivity index (χ0n) is 17.4. The Bertz CT molecular complexity index is 678. The van der Waals surface area contributed by atoms with E-state index >= 15 is 0 Å². The molecule has 3 heterocycles. The highest BCUT2D eigenvalue weighted by Crippen LogP contribution is 2.30. The van der Waals surface area contributed by atoms with Gasteiger partial charge in [-0.3, -0.25) is 9.89 Å². The van der Waals surface area contributed by atoms with Crippen molar-refractivity contribution >= 4 is 40.0 Å². The molecule has 12 heteroatoms. The van der Waals surface area contributed by atoms with Gasteiger partial charge in [0.15, 0.2) is 5.96 Å². The third-order valence-corrected chi connectivity index (χ3v) is 7.79. The van der Waals surface area contributed by atoms with E-state index in [1.54, 1.807) is 0 Å². The number of likely N-dealkylation sites (tertiary alicyclic amines) is 2. The molecule has 176 valence electrons. The number of halogens is 4. The van der Waals surface area contributed by atoms with Crippen molar-refractivity contribution in [3.8, 4) is 0 Å². The maximum absolute atomic E-state index is 12.7. The maximum Gasteiger partial charge on any atom is 0.511 e. The van der Waals surface area contributed by atoms with Crippen LogP contribution in [0.2, 0.25) is 0 Å². The van der Waals surface area contributed by atoms with Crippen LogP contribution in [-0.2, 0) is 10.0 Å². The van der Waals surface area contributed by atoms with Crippen LogP contribution in [0.25, 0.3) is 0 Å². The first kappa shape index (κ1) is 25.9. The van der Waals surface area contributed by atoms with Gasteiger partial charge in [0, 0.05) is 45.3 Å². The van der Waals surface area contributed by atoms with Crippen LogP contribution in [0.5, 0.6) is 0 Å². The number of alkyl halides is 3. The largest absolute Gasteiger partial charge is 0.511 e. The molecule has 0 aliphatic carbocycles. The summed E-state index contributed by atoms with van der Waals surface area (Å²) in [5.74, 6) is 0.958. The molecule has 3 fully saturated rings. The molecule has 0 spiro atoms. The van der Waals surface area contributed by atoms with Crippen LogP contribution in [0, 0.1) is 5.92 Å². The first-order valence-electron chi connectivity index (χ1n) is 10.6. The Hall–Kier alpha value is -0.340. The van der Waals surface area contributed by atoms with E-state index in [0.717, 1.165) is 32.0 Å². The van der Waals surface area contributed by atoms with Crippen LogP contribution >= 0.6 is 24.0 Å².